The largest absolute Gasteiger partial charge is 0.349 e. The van der Waals surface area contributed by atoms with Crippen LogP contribution in [0.1, 0.15) is 58.5 Å². The summed E-state index contributed by atoms with van der Waals surface area (Å²) in [5.74, 6) is -0.626. The van der Waals surface area contributed by atoms with E-state index in [2.05, 4.69) is 10.4 Å². The van der Waals surface area contributed by atoms with Crippen molar-refractivity contribution in [2.75, 3.05) is 13.1 Å². The molecule has 7 heteroatoms. The van der Waals surface area contributed by atoms with Crippen LogP contribution in [0.3, 0.4) is 0 Å². The number of nitrogens with one attached hydrogen (secondary N) is 1. The van der Waals surface area contributed by atoms with Crippen LogP contribution in [0.2, 0.25) is 0 Å². The molecule has 0 saturated carbocycles. The predicted molar refractivity (Wildman–Crippen MR) is 129 cm³/mol. The van der Waals surface area contributed by atoms with Gasteiger partial charge >= 0.3 is 0 Å². The fourth-order valence-corrected chi connectivity index (χ4v) is 4.76. The van der Waals surface area contributed by atoms with Crippen molar-refractivity contribution in [3.63, 3.8) is 0 Å². The van der Waals surface area contributed by atoms with Gasteiger partial charge in [-0.2, -0.15) is 5.10 Å². The van der Waals surface area contributed by atoms with E-state index in [9.17, 15) is 14.0 Å². The van der Waals surface area contributed by atoms with Gasteiger partial charge in [0.1, 0.15) is 5.82 Å². The minimum absolute atomic E-state index is 0.0197. The van der Waals surface area contributed by atoms with Crippen molar-refractivity contribution in [1.82, 2.24) is 20.0 Å². The molecule has 0 aliphatic carbocycles. The van der Waals surface area contributed by atoms with Crippen LogP contribution in [0, 0.1) is 32.5 Å². The molecule has 2 aromatic carbocycles. The first-order valence-electron chi connectivity index (χ1n) is 11.7. The number of hydrogen-bond donors (Lipinski definition) is 1. The van der Waals surface area contributed by atoms with Crippen LogP contribution in [0.25, 0.3) is 5.69 Å². The molecule has 1 aromatic heterocycles. The second kappa shape index (κ2) is 9.79. The van der Waals surface area contributed by atoms with Crippen LogP contribution < -0.4 is 5.32 Å². The third-order valence-electron chi connectivity index (χ3n) is 6.49. The van der Waals surface area contributed by atoms with Crippen molar-refractivity contribution in [3.8, 4) is 5.69 Å². The fraction of sp³-hybridized carbons (Fsp3) is 0.370. The van der Waals surface area contributed by atoms with E-state index in [0.29, 0.717) is 18.7 Å². The molecular weight excluding hydrogens is 431 g/mol. The average Bonchev–Trinajstić information content (AvgIpc) is 3.20. The number of benzene rings is 2. The second-order valence-corrected chi connectivity index (χ2v) is 9.27. The second-order valence-electron chi connectivity index (χ2n) is 9.27. The number of piperidine rings is 1. The Morgan fingerprint density at radius 1 is 1.09 bits per heavy atom. The van der Waals surface area contributed by atoms with Gasteiger partial charge in [0.2, 0.25) is 5.91 Å². The normalized spacial score (nSPS) is 16.9. The van der Waals surface area contributed by atoms with Crippen LogP contribution in [-0.4, -0.2) is 39.6 Å². The first kappa shape index (κ1) is 23.7. The van der Waals surface area contributed by atoms with E-state index in [1.54, 1.807) is 27.9 Å². The molecule has 2 unspecified atom stereocenters. The van der Waals surface area contributed by atoms with E-state index in [1.165, 1.54) is 12.1 Å². The van der Waals surface area contributed by atoms with Gasteiger partial charge in [-0.15, -0.1) is 0 Å². The molecule has 6 nitrogen and oxygen atoms in total. The quantitative estimate of drug-likeness (QED) is 0.599. The molecule has 2 atom stereocenters. The first-order valence-corrected chi connectivity index (χ1v) is 11.7. The zero-order chi connectivity index (χ0) is 24.4. The smallest absolute Gasteiger partial charge is 0.253 e. The monoisotopic (exact) mass is 462 g/mol. The Bertz CT molecular complexity index is 1180. The van der Waals surface area contributed by atoms with Gasteiger partial charge in [0.25, 0.3) is 5.91 Å². The zero-order valence-corrected chi connectivity index (χ0v) is 20.1. The summed E-state index contributed by atoms with van der Waals surface area (Å²) < 4.78 is 15.0. The highest BCUT2D eigenvalue weighted by Crippen LogP contribution is 2.24. The molecule has 2 heterocycles. The molecule has 1 fully saturated rings. The highest BCUT2D eigenvalue weighted by Gasteiger charge is 2.30. The third kappa shape index (κ3) is 5.03. The standard InChI is InChI=1S/C27H31FN4O2/c1-17-12-18(2)14-22(13-17)27(34)31-11-5-6-21(16-31)26(33)30-19(3)25-15-29-32(20(25)4)24-9-7-23(28)8-10-24/h7-10,12-15,19,21H,5-6,11,16H2,1-4H3,(H,30,33). The summed E-state index contributed by atoms with van der Waals surface area (Å²) in [6.07, 6.45) is 3.29. The number of rotatable bonds is 5. The van der Waals surface area contributed by atoms with Crippen molar-refractivity contribution in [1.29, 1.82) is 0 Å². The molecular formula is C27H31FN4O2. The molecule has 1 aliphatic heterocycles. The molecule has 0 bridgehead atoms. The Hall–Kier alpha value is -3.48. The van der Waals surface area contributed by atoms with Gasteiger partial charge in [0.15, 0.2) is 0 Å². The first-order chi connectivity index (χ1) is 16.2. The van der Waals surface area contributed by atoms with E-state index < -0.39 is 0 Å². The lowest BCUT2D eigenvalue weighted by atomic mass is 9.95. The number of carbonyl (C=O) groups is 2. The summed E-state index contributed by atoms with van der Waals surface area (Å²) in [7, 11) is 0. The summed E-state index contributed by atoms with van der Waals surface area (Å²) in [6, 6.07) is 11.8. The highest BCUT2D eigenvalue weighted by molar-refractivity contribution is 5.95. The molecule has 1 saturated heterocycles. The van der Waals surface area contributed by atoms with Gasteiger partial charge in [0.05, 0.1) is 23.8 Å². The highest BCUT2D eigenvalue weighted by atomic mass is 19.1. The minimum atomic E-state index is -0.299. The van der Waals surface area contributed by atoms with Crippen LogP contribution in [0.5, 0.6) is 0 Å². The molecule has 2 amide bonds. The van der Waals surface area contributed by atoms with Crippen LogP contribution in [0.15, 0.2) is 48.7 Å². The third-order valence-corrected chi connectivity index (χ3v) is 6.49. The summed E-state index contributed by atoms with van der Waals surface area (Å²) in [4.78, 5) is 28.0. The number of hydrogen-bond acceptors (Lipinski definition) is 3. The van der Waals surface area contributed by atoms with Crippen LogP contribution in [0.4, 0.5) is 4.39 Å². The SMILES string of the molecule is Cc1cc(C)cc(C(=O)N2CCCC(C(=O)NC(C)c3cnn(-c4ccc(F)cc4)c3C)C2)c1. The van der Waals surface area contributed by atoms with Crippen molar-refractivity contribution in [3.05, 3.63) is 82.4 Å². The maximum absolute atomic E-state index is 13.3. The summed E-state index contributed by atoms with van der Waals surface area (Å²) in [6.45, 7) is 8.90. The molecule has 3 aromatic rings. The minimum Gasteiger partial charge on any atom is -0.349 e. The maximum Gasteiger partial charge on any atom is 0.253 e. The molecule has 34 heavy (non-hydrogen) atoms. The summed E-state index contributed by atoms with van der Waals surface area (Å²) in [5.41, 5.74) is 5.33. The Balaban J connectivity index is 1.42. The average molecular weight is 463 g/mol. The van der Waals surface area contributed by atoms with Crippen molar-refractivity contribution in [2.45, 2.75) is 46.6 Å². The summed E-state index contributed by atoms with van der Waals surface area (Å²) >= 11 is 0. The summed E-state index contributed by atoms with van der Waals surface area (Å²) in [5, 5.41) is 7.54. The van der Waals surface area contributed by atoms with Gasteiger partial charge in [-0.3, -0.25) is 9.59 Å². The topological polar surface area (TPSA) is 67.2 Å². The van der Waals surface area contributed by atoms with E-state index in [4.69, 9.17) is 0 Å². The van der Waals surface area contributed by atoms with E-state index >= 15 is 0 Å². The van der Waals surface area contributed by atoms with E-state index in [-0.39, 0.29) is 29.6 Å². The number of aromatic nitrogens is 2. The Kier molecular flexibility index (Phi) is 6.82. The van der Waals surface area contributed by atoms with E-state index in [1.807, 2.05) is 45.9 Å². The molecule has 0 radical (unpaired) electrons. The maximum atomic E-state index is 13.3. The van der Waals surface area contributed by atoms with Gasteiger partial charge < -0.3 is 10.2 Å². The number of likely N-dealkylation sites (tertiary alicyclic amines) is 1. The molecule has 1 aliphatic rings. The number of carbonyl (C=O) groups excluding carboxylic acids is 2. The number of halogens is 1. The lowest BCUT2D eigenvalue weighted by Crippen LogP contribution is -2.46. The van der Waals surface area contributed by atoms with Crippen molar-refractivity contribution < 1.29 is 14.0 Å². The van der Waals surface area contributed by atoms with Gasteiger partial charge in [-0.1, -0.05) is 17.2 Å². The van der Waals surface area contributed by atoms with E-state index in [0.717, 1.165) is 40.9 Å². The molecule has 1 N–H and O–H groups in total. The van der Waals surface area contributed by atoms with Crippen LogP contribution in [-0.2, 0) is 4.79 Å². The lowest BCUT2D eigenvalue weighted by molar-refractivity contribution is -0.127. The number of nitrogens with zero attached hydrogens (tertiary/aromatic N) is 3. The Labute approximate surface area is 199 Å². The Morgan fingerprint density at radius 3 is 2.44 bits per heavy atom. The van der Waals surface area contributed by atoms with Crippen molar-refractivity contribution in [2.24, 2.45) is 5.92 Å². The molecule has 0 spiro atoms. The number of amides is 2. The molecule has 4 rings (SSSR count). The van der Waals surface area contributed by atoms with Gasteiger partial charge in [-0.05, 0) is 76.9 Å². The predicted octanol–water partition coefficient (Wildman–Crippen LogP) is 4.67. The van der Waals surface area contributed by atoms with Gasteiger partial charge in [0, 0.05) is 29.9 Å². The zero-order valence-electron chi connectivity index (χ0n) is 20.1. The Morgan fingerprint density at radius 2 is 1.76 bits per heavy atom. The fourth-order valence-electron chi connectivity index (χ4n) is 4.76. The molecule has 178 valence electrons. The number of aryl methyl sites for hydroxylation is 2. The lowest BCUT2D eigenvalue weighted by Gasteiger charge is -2.33. The van der Waals surface area contributed by atoms with Crippen molar-refractivity contribution >= 4 is 11.8 Å². The van der Waals surface area contributed by atoms with Crippen LogP contribution >= 0.6 is 0 Å². The van der Waals surface area contributed by atoms with Gasteiger partial charge in [-0.25, -0.2) is 9.07 Å².